The van der Waals surface area contributed by atoms with Gasteiger partial charge in [-0.05, 0) is 50.8 Å². The van der Waals surface area contributed by atoms with Gasteiger partial charge >= 0.3 is 0 Å². The summed E-state index contributed by atoms with van der Waals surface area (Å²) in [5.41, 5.74) is 8.94. The van der Waals surface area contributed by atoms with Crippen molar-refractivity contribution >= 4 is 11.6 Å². The van der Waals surface area contributed by atoms with Gasteiger partial charge in [-0.3, -0.25) is 4.79 Å². The highest BCUT2D eigenvalue weighted by atomic mass is 16.5. The fourth-order valence-electron chi connectivity index (χ4n) is 2.71. The molecule has 0 spiro atoms. The van der Waals surface area contributed by atoms with E-state index in [2.05, 4.69) is 19.9 Å². The molecule has 0 radical (unpaired) electrons. The van der Waals surface area contributed by atoms with E-state index in [1.54, 1.807) is 0 Å². The maximum atomic E-state index is 12.7. The Morgan fingerprint density at radius 3 is 2.75 bits per heavy atom. The highest BCUT2D eigenvalue weighted by Gasteiger charge is 2.33. The molecule has 1 fully saturated rings. The molecular formula is C16H24N2O2. The molecule has 0 saturated carbocycles. The van der Waals surface area contributed by atoms with Crippen molar-refractivity contribution in [2.45, 2.75) is 45.8 Å². The number of ether oxygens (including phenoxy) is 1. The fourth-order valence-corrected chi connectivity index (χ4v) is 2.71. The monoisotopic (exact) mass is 276 g/mol. The number of nitrogens with zero attached hydrogens (tertiary/aromatic N) is 1. The van der Waals surface area contributed by atoms with Crippen molar-refractivity contribution in [1.29, 1.82) is 0 Å². The van der Waals surface area contributed by atoms with E-state index in [4.69, 9.17) is 10.5 Å². The Morgan fingerprint density at radius 2 is 2.15 bits per heavy atom. The molecule has 2 N–H and O–H groups in total. The van der Waals surface area contributed by atoms with Crippen molar-refractivity contribution in [2.75, 3.05) is 18.0 Å². The van der Waals surface area contributed by atoms with Gasteiger partial charge in [-0.2, -0.15) is 0 Å². The molecule has 0 unspecified atom stereocenters. The Kier molecular flexibility index (Phi) is 4.78. The van der Waals surface area contributed by atoms with Gasteiger partial charge in [0.2, 0.25) is 0 Å². The van der Waals surface area contributed by atoms with Crippen LogP contribution in [0.15, 0.2) is 18.2 Å². The lowest BCUT2D eigenvalue weighted by molar-refractivity contribution is -0.129. The largest absolute Gasteiger partial charge is 0.364 e. The Labute approximate surface area is 120 Å². The summed E-state index contributed by atoms with van der Waals surface area (Å²) in [6, 6.07) is 6.05. The van der Waals surface area contributed by atoms with Gasteiger partial charge in [-0.1, -0.05) is 12.1 Å². The van der Waals surface area contributed by atoms with E-state index in [-0.39, 0.29) is 18.1 Å². The van der Waals surface area contributed by atoms with Crippen LogP contribution in [-0.4, -0.2) is 31.2 Å². The van der Waals surface area contributed by atoms with Gasteiger partial charge in [0.15, 0.2) is 0 Å². The van der Waals surface area contributed by atoms with Gasteiger partial charge in [0.05, 0.1) is 6.10 Å². The predicted molar refractivity (Wildman–Crippen MR) is 80.9 cm³/mol. The van der Waals surface area contributed by atoms with Gasteiger partial charge in [0, 0.05) is 18.8 Å². The molecule has 0 bridgehead atoms. The van der Waals surface area contributed by atoms with Gasteiger partial charge < -0.3 is 15.4 Å². The Balaban J connectivity index is 2.20. The molecule has 2 rings (SSSR count). The quantitative estimate of drug-likeness (QED) is 0.917. The number of anilines is 1. The van der Waals surface area contributed by atoms with Crippen molar-refractivity contribution in [3.05, 3.63) is 29.3 Å². The first kappa shape index (κ1) is 15.0. The number of nitrogens with two attached hydrogens (primary N) is 1. The normalized spacial score (nSPS) is 22.0. The van der Waals surface area contributed by atoms with Gasteiger partial charge in [0.25, 0.3) is 5.91 Å². The summed E-state index contributed by atoms with van der Waals surface area (Å²) in [7, 11) is 0. The highest BCUT2D eigenvalue weighted by molar-refractivity contribution is 5.97. The molecule has 1 aromatic rings. The molecule has 20 heavy (non-hydrogen) atoms. The minimum Gasteiger partial charge on any atom is -0.364 e. The molecule has 0 aromatic heterocycles. The molecular weight excluding hydrogens is 252 g/mol. The summed E-state index contributed by atoms with van der Waals surface area (Å²) in [5, 5.41) is 0. The first-order valence-electron chi connectivity index (χ1n) is 7.31. The topological polar surface area (TPSA) is 55.6 Å². The molecule has 110 valence electrons. The number of amides is 1. The molecule has 4 heteroatoms. The van der Waals surface area contributed by atoms with Crippen molar-refractivity contribution in [2.24, 2.45) is 5.73 Å². The summed E-state index contributed by atoms with van der Waals surface area (Å²) >= 11 is 0. The van der Waals surface area contributed by atoms with E-state index in [1.807, 2.05) is 24.0 Å². The minimum atomic E-state index is -0.344. The zero-order valence-electron chi connectivity index (χ0n) is 12.6. The summed E-state index contributed by atoms with van der Waals surface area (Å²) < 4.78 is 5.73. The van der Waals surface area contributed by atoms with E-state index < -0.39 is 0 Å². The van der Waals surface area contributed by atoms with Crippen LogP contribution in [-0.2, 0) is 9.53 Å². The SMILES string of the molecule is CCN(C(=O)[C@@H]1CC[C@H](CN)O1)c1cccc(C)c1C. The third kappa shape index (κ3) is 2.86. The summed E-state index contributed by atoms with van der Waals surface area (Å²) in [5.74, 6) is 0.0529. The Bertz CT molecular complexity index is 487. The molecule has 2 atom stereocenters. The second-order valence-corrected chi connectivity index (χ2v) is 5.36. The Hall–Kier alpha value is -1.39. The van der Waals surface area contributed by atoms with E-state index in [0.717, 1.165) is 24.1 Å². The number of likely N-dealkylation sites (N-methyl/N-ethyl adjacent to an activating group) is 1. The number of aryl methyl sites for hydroxylation is 1. The third-order valence-electron chi connectivity index (χ3n) is 4.09. The van der Waals surface area contributed by atoms with Crippen molar-refractivity contribution in [1.82, 2.24) is 0 Å². The molecule has 0 aliphatic carbocycles. The standard InChI is InChI=1S/C16H24N2O2/c1-4-18(14-7-5-6-11(2)12(14)3)16(19)15-9-8-13(10-17)20-15/h5-7,13,15H,4,8-10,17H2,1-3H3/t13-,15+/m1/s1. The van der Waals surface area contributed by atoms with Crippen LogP contribution in [0.1, 0.15) is 30.9 Å². The molecule has 1 heterocycles. The number of rotatable bonds is 4. The lowest BCUT2D eigenvalue weighted by Gasteiger charge is -2.26. The van der Waals surface area contributed by atoms with Gasteiger partial charge in [-0.25, -0.2) is 0 Å². The highest BCUT2D eigenvalue weighted by Crippen LogP contribution is 2.27. The summed E-state index contributed by atoms with van der Waals surface area (Å²) in [6.07, 6.45) is 1.32. The van der Waals surface area contributed by atoms with Crippen molar-refractivity contribution < 1.29 is 9.53 Å². The van der Waals surface area contributed by atoms with E-state index in [1.165, 1.54) is 5.56 Å². The fraction of sp³-hybridized carbons (Fsp3) is 0.562. The van der Waals surface area contributed by atoms with Crippen molar-refractivity contribution in [3.8, 4) is 0 Å². The molecule has 1 saturated heterocycles. The summed E-state index contributed by atoms with van der Waals surface area (Å²) in [6.45, 7) is 7.25. The zero-order chi connectivity index (χ0) is 14.7. The number of carbonyl (C=O) groups excluding carboxylic acids is 1. The van der Waals surface area contributed by atoms with E-state index in [0.29, 0.717) is 13.1 Å². The number of hydrogen-bond donors (Lipinski definition) is 1. The van der Waals surface area contributed by atoms with Gasteiger partial charge in [0.1, 0.15) is 6.10 Å². The molecule has 1 amide bonds. The number of benzene rings is 1. The lowest BCUT2D eigenvalue weighted by atomic mass is 10.1. The van der Waals surface area contributed by atoms with Crippen LogP contribution in [0.2, 0.25) is 0 Å². The van der Waals surface area contributed by atoms with Crippen LogP contribution in [0.25, 0.3) is 0 Å². The predicted octanol–water partition coefficient (Wildman–Crippen LogP) is 2.16. The zero-order valence-corrected chi connectivity index (χ0v) is 12.6. The molecule has 4 nitrogen and oxygen atoms in total. The number of hydrogen-bond acceptors (Lipinski definition) is 3. The van der Waals surface area contributed by atoms with Crippen LogP contribution in [0.4, 0.5) is 5.69 Å². The van der Waals surface area contributed by atoms with Gasteiger partial charge in [-0.15, -0.1) is 0 Å². The molecule has 1 aliphatic heterocycles. The molecule has 1 aromatic carbocycles. The maximum Gasteiger partial charge on any atom is 0.256 e. The van der Waals surface area contributed by atoms with E-state index >= 15 is 0 Å². The van der Waals surface area contributed by atoms with Crippen LogP contribution in [0.3, 0.4) is 0 Å². The molecule has 1 aliphatic rings. The average Bonchev–Trinajstić information content (AvgIpc) is 2.93. The first-order valence-corrected chi connectivity index (χ1v) is 7.31. The maximum absolute atomic E-state index is 12.7. The second kappa shape index (κ2) is 6.37. The average molecular weight is 276 g/mol. The first-order chi connectivity index (χ1) is 9.58. The second-order valence-electron chi connectivity index (χ2n) is 5.36. The van der Waals surface area contributed by atoms with Crippen LogP contribution in [0, 0.1) is 13.8 Å². The van der Waals surface area contributed by atoms with Crippen LogP contribution >= 0.6 is 0 Å². The summed E-state index contributed by atoms with van der Waals surface area (Å²) in [4.78, 5) is 14.5. The van der Waals surface area contributed by atoms with Crippen molar-refractivity contribution in [3.63, 3.8) is 0 Å². The van der Waals surface area contributed by atoms with E-state index in [9.17, 15) is 4.79 Å². The van der Waals surface area contributed by atoms with Crippen LogP contribution < -0.4 is 10.6 Å². The number of carbonyl (C=O) groups is 1. The third-order valence-corrected chi connectivity index (χ3v) is 4.09. The smallest absolute Gasteiger partial charge is 0.256 e. The minimum absolute atomic E-state index is 0.0289. The van der Waals surface area contributed by atoms with Crippen LogP contribution in [0.5, 0.6) is 0 Å². The lowest BCUT2D eigenvalue weighted by Crippen LogP contribution is -2.40. The Morgan fingerprint density at radius 1 is 1.40 bits per heavy atom.